The summed E-state index contributed by atoms with van der Waals surface area (Å²) in [5.74, 6) is -3.41. The third-order valence-electron chi connectivity index (χ3n) is 5.41. The van der Waals surface area contributed by atoms with Crippen LogP contribution in [0.5, 0.6) is 5.75 Å². The van der Waals surface area contributed by atoms with Crippen molar-refractivity contribution in [2.24, 2.45) is 5.92 Å². The Kier molecular flexibility index (Phi) is 6.95. The van der Waals surface area contributed by atoms with Crippen LogP contribution in [0.1, 0.15) is 39.0 Å². The number of aromatic nitrogens is 5. The molecule has 4 rings (SSSR count). The van der Waals surface area contributed by atoms with Gasteiger partial charge in [0.05, 0.1) is 5.69 Å². The van der Waals surface area contributed by atoms with Crippen LogP contribution in [0.2, 0.25) is 0 Å². The molecule has 0 spiro atoms. The number of ether oxygens (including phenoxy) is 2. The van der Waals surface area contributed by atoms with Crippen molar-refractivity contribution in [3.8, 4) is 11.4 Å². The number of benzene rings is 1. The molecule has 2 aromatic heterocycles. The molecule has 1 aromatic carbocycles. The fraction of sp³-hybridized carbons (Fsp3) is 0.375. The molecule has 1 unspecified atom stereocenters. The second-order valence-electron chi connectivity index (χ2n) is 9.38. The topological polar surface area (TPSA) is 95.3 Å². The molecule has 0 aliphatic carbocycles. The van der Waals surface area contributed by atoms with E-state index in [-0.39, 0.29) is 17.3 Å². The molecule has 36 heavy (non-hydrogen) atoms. The molecule has 3 aromatic rings. The van der Waals surface area contributed by atoms with Crippen LogP contribution >= 0.6 is 0 Å². The molecule has 0 N–H and O–H groups in total. The van der Waals surface area contributed by atoms with Gasteiger partial charge in [0.25, 0.3) is 0 Å². The number of nitrogens with zero attached hydrogens (tertiary/aromatic N) is 6. The van der Waals surface area contributed by atoms with E-state index in [0.29, 0.717) is 18.7 Å². The first kappa shape index (κ1) is 25.1. The van der Waals surface area contributed by atoms with E-state index in [4.69, 9.17) is 9.47 Å². The number of halogens is 3. The zero-order chi connectivity index (χ0) is 26.0. The van der Waals surface area contributed by atoms with Crippen LogP contribution in [0.25, 0.3) is 11.3 Å². The molecule has 190 valence electrons. The van der Waals surface area contributed by atoms with Crippen LogP contribution in [0, 0.1) is 23.4 Å². The smallest absolute Gasteiger partial charge is 0.410 e. The zero-order valence-electron chi connectivity index (χ0n) is 20.2. The molecule has 0 fully saturated rings. The number of tetrazole rings is 1. The van der Waals surface area contributed by atoms with E-state index in [1.807, 2.05) is 13.0 Å². The summed E-state index contributed by atoms with van der Waals surface area (Å²) in [4.78, 5) is 18.0. The SMILES string of the molecule is CC1CN(C(=O)OC(C)(C)C)CC=C1c1cnc(COc2c(F)cc(-n3cnnn3)cc2F)c(F)c1. The number of rotatable bonds is 5. The summed E-state index contributed by atoms with van der Waals surface area (Å²) in [7, 11) is 0. The highest BCUT2D eigenvalue weighted by Crippen LogP contribution is 2.30. The van der Waals surface area contributed by atoms with Gasteiger partial charge in [0.15, 0.2) is 17.4 Å². The van der Waals surface area contributed by atoms with Crippen LogP contribution in [-0.4, -0.2) is 54.9 Å². The van der Waals surface area contributed by atoms with Crippen molar-refractivity contribution in [3.63, 3.8) is 0 Å². The third-order valence-corrected chi connectivity index (χ3v) is 5.41. The lowest BCUT2D eigenvalue weighted by molar-refractivity contribution is 0.0251. The molecule has 0 radical (unpaired) electrons. The van der Waals surface area contributed by atoms with Crippen LogP contribution < -0.4 is 4.74 Å². The minimum atomic E-state index is -0.992. The van der Waals surface area contributed by atoms with Crippen molar-refractivity contribution < 1.29 is 27.4 Å². The van der Waals surface area contributed by atoms with Gasteiger partial charge in [-0.15, -0.1) is 5.10 Å². The van der Waals surface area contributed by atoms with Gasteiger partial charge in [-0.2, -0.15) is 0 Å². The largest absolute Gasteiger partial charge is 0.481 e. The van der Waals surface area contributed by atoms with E-state index in [9.17, 15) is 18.0 Å². The monoisotopic (exact) mass is 502 g/mol. The normalized spacial score (nSPS) is 16.0. The Labute approximate surface area is 205 Å². The summed E-state index contributed by atoms with van der Waals surface area (Å²) >= 11 is 0. The molecule has 12 heteroatoms. The van der Waals surface area contributed by atoms with Crippen LogP contribution in [-0.2, 0) is 11.3 Å². The van der Waals surface area contributed by atoms with Gasteiger partial charge in [0, 0.05) is 31.4 Å². The van der Waals surface area contributed by atoms with Gasteiger partial charge in [-0.25, -0.2) is 22.6 Å². The van der Waals surface area contributed by atoms with Gasteiger partial charge in [0.2, 0.25) is 0 Å². The molecule has 0 saturated heterocycles. The lowest BCUT2D eigenvalue weighted by Gasteiger charge is -2.33. The quantitative estimate of drug-likeness (QED) is 0.513. The van der Waals surface area contributed by atoms with Gasteiger partial charge in [-0.1, -0.05) is 13.0 Å². The Morgan fingerprint density at radius 3 is 2.44 bits per heavy atom. The van der Waals surface area contributed by atoms with E-state index in [2.05, 4.69) is 20.5 Å². The maximum Gasteiger partial charge on any atom is 0.410 e. The molecule has 3 heterocycles. The molecular weight excluding hydrogens is 477 g/mol. The molecular formula is C24H25F3N6O3. The van der Waals surface area contributed by atoms with E-state index < -0.39 is 41.5 Å². The fourth-order valence-corrected chi connectivity index (χ4v) is 3.76. The Bertz CT molecular complexity index is 1270. The third kappa shape index (κ3) is 5.64. The predicted octanol–water partition coefficient (Wildman–Crippen LogP) is 4.32. The molecule has 0 saturated carbocycles. The number of carbonyl (C=O) groups excluding carboxylic acids is 1. The fourth-order valence-electron chi connectivity index (χ4n) is 3.76. The highest BCUT2D eigenvalue weighted by Gasteiger charge is 2.28. The highest BCUT2D eigenvalue weighted by atomic mass is 19.1. The van der Waals surface area contributed by atoms with E-state index >= 15 is 0 Å². The van der Waals surface area contributed by atoms with Crippen molar-refractivity contribution >= 4 is 11.7 Å². The molecule has 9 nitrogen and oxygen atoms in total. The van der Waals surface area contributed by atoms with Crippen molar-refractivity contribution in [2.45, 2.75) is 39.9 Å². The van der Waals surface area contributed by atoms with Crippen molar-refractivity contribution in [1.82, 2.24) is 30.1 Å². The summed E-state index contributed by atoms with van der Waals surface area (Å²) in [6.07, 6.45) is 4.09. The second-order valence-corrected chi connectivity index (χ2v) is 9.38. The Hall–Kier alpha value is -3.96. The van der Waals surface area contributed by atoms with Gasteiger partial charge in [-0.05, 0) is 54.3 Å². The maximum absolute atomic E-state index is 14.8. The van der Waals surface area contributed by atoms with E-state index in [0.717, 1.165) is 22.4 Å². The number of amides is 1. The summed E-state index contributed by atoms with van der Waals surface area (Å²) in [5, 5.41) is 10.4. The van der Waals surface area contributed by atoms with Crippen molar-refractivity contribution in [2.75, 3.05) is 13.1 Å². The first-order valence-electron chi connectivity index (χ1n) is 11.2. The summed E-state index contributed by atoms with van der Waals surface area (Å²) < 4.78 is 55.4. The van der Waals surface area contributed by atoms with Gasteiger partial charge < -0.3 is 14.4 Å². The van der Waals surface area contributed by atoms with E-state index in [1.165, 1.54) is 18.6 Å². The van der Waals surface area contributed by atoms with Crippen LogP contribution in [0.4, 0.5) is 18.0 Å². The Balaban J connectivity index is 1.44. The van der Waals surface area contributed by atoms with Gasteiger partial charge >= 0.3 is 6.09 Å². The number of pyridine rings is 1. The number of carbonyl (C=O) groups is 1. The van der Waals surface area contributed by atoms with Gasteiger partial charge in [-0.3, -0.25) is 4.98 Å². The number of hydrogen-bond acceptors (Lipinski definition) is 7. The predicted molar refractivity (Wildman–Crippen MR) is 123 cm³/mol. The zero-order valence-corrected chi connectivity index (χ0v) is 20.2. The van der Waals surface area contributed by atoms with Gasteiger partial charge in [0.1, 0.15) is 30.0 Å². The highest BCUT2D eigenvalue weighted by molar-refractivity contribution is 5.73. The molecule has 1 atom stereocenters. The molecule has 0 bridgehead atoms. The number of hydrogen-bond donors (Lipinski definition) is 0. The molecule has 1 amide bonds. The Morgan fingerprint density at radius 2 is 1.86 bits per heavy atom. The molecule has 1 aliphatic heterocycles. The second kappa shape index (κ2) is 9.96. The summed E-state index contributed by atoms with van der Waals surface area (Å²) in [5.41, 5.74) is 0.745. The van der Waals surface area contributed by atoms with Crippen molar-refractivity contribution in [1.29, 1.82) is 0 Å². The maximum atomic E-state index is 14.8. The van der Waals surface area contributed by atoms with Crippen LogP contribution in [0.3, 0.4) is 0 Å². The lowest BCUT2D eigenvalue weighted by Crippen LogP contribution is -2.41. The average molecular weight is 502 g/mol. The minimum absolute atomic E-state index is 0.0659. The van der Waals surface area contributed by atoms with Crippen molar-refractivity contribution in [3.05, 3.63) is 65.5 Å². The molecule has 1 aliphatic rings. The standard InChI is InChI=1S/C24H25F3N6O3/c1-14-11-32(23(34)36-24(2,3)4)6-5-17(14)15-7-18(25)21(28-10-15)12-35-22-19(26)8-16(9-20(22)27)33-13-29-30-31-33/h5,7-10,13-14H,6,11-12H2,1-4H3. The lowest BCUT2D eigenvalue weighted by atomic mass is 9.91. The Morgan fingerprint density at radius 1 is 1.14 bits per heavy atom. The average Bonchev–Trinajstić information content (AvgIpc) is 3.33. The minimum Gasteiger partial charge on any atom is -0.481 e. The first-order valence-corrected chi connectivity index (χ1v) is 11.2. The summed E-state index contributed by atoms with van der Waals surface area (Å²) in [6.45, 7) is 7.56. The first-order chi connectivity index (χ1) is 17.0. The van der Waals surface area contributed by atoms with Crippen LogP contribution in [0.15, 0.2) is 36.8 Å². The summed E-state index contributed by atoms with van der Waals surface area (Å²) in [6, 6.07) is 3.29. The van der Waals surface area contributed by atoms with E-state index in [1.54, 1.807) is 25.7 Å².